The average molecular weight is 157 g/mol. The molecule has 1 aliphatic carbocycles. The van der Waals surface area contributed by atoms with Crippen molar-refractivity contribution >= 4 is 12.4 Å². The molecule has 0 aliphatic heterocycles. The summed E-state index contributed by atoms with van der Waals surface area (Å²) in [6.45, 7) is -0.250. The third kappa shape index (κ3) is 2.26. The molecule has 0 atom stereocenters. The zero-order chi connectivity index (χ0) is 8.91. The summed E-state index contributed by atoms with van der Waals surface area (Å²) in [7, 11) is 0. The molecular weight excluding hydrogens is 150 g/mol. The topological polar surface area (TPSA) is 98.4 Å². The van der Waals surface area contributed by atoms with E-state index < -0.39 is 11.4 Å². The molecule has 11 heavy (non-hydrogen) atoms. The Morgan fingerprint density at radius 3 is 2.00 bits per heavy atom. The van der Waals surface area contributed by atoms with E-state index in [2.05, 4.69) is 0 Å². The Hall–Kier alpha value is -1.57. The first-order valence-corrected chi connectivity index (χ1v) is 2.85. The van der Waals surface area contributed by atoms with Gasteiger partial charge in [-0.05, 0) is 12.8 Å². The number of carbonyl (C=O) groups is 2. The SMILES string of the molecule is N#CC1(C(=O)O)CC1.O=CO. The van der Waals surface area contributed by atoms with Gasteiger partial charge in [-0.2, -0.15) is 5.26 Å². The molecule has 0 aromatic rings. The van der Waals surface area contributed by atoms with Gasteiger partial charge in [0.2, 0.25) is 0 Å². The van der Waals surface area contributed by atoms with Crippen molar-refractivity contribution in [1.29, 1.82) is 5.26 Å². The van der Waals surface area contributed by atoms with E-state index in [1.807, 2.05) is 0 Å². The van der Waals surface area contributed by atoms with Crippen molar-refractivity contribution in [1.82, 2.24) is 0 Å². The van der Waals surface area contributed by atoms with Gasteiger partial charge in [-0.3, -0.25) is 9.59 Å². The normalized spacial score (nSPS) is 16.6. The number of aliphatic carboxylic acids is 1. The highest BCUT2D eigenvalue weighted by molar-refractivity contribution is 5.81. The lowest BCUT2D eigenvalue weighted by atomic mass is 10.1. The predicted molar refractivity (Wildman–Crippen MR) is 33.6 cm³/mol. The highest BCUT2D eigenvalue weighted by Gasteiger charge is 2.51. The predicted octanol–water partition coefficient (Wildman–Crippen LogP) is 0.0756. The van der Waals surface area contributed by atoms with E-state index in [9.17, 15) is 4.79 Å². The lowest BCUT2D eigenvalue weighted by Crippen LogP contribution is -2.11. The second-order valence-electron chi connectivity index (χ2n) is 2.10. The monoisotopic (exact) mass is 157 g/mol. The zero-order valence-electron chi connectivity index (χ0n) is 5.65. The lowest BCUT2D eigenvalue weighted by Gasteiger charge is -1.91. The van der Waals surface area contributed by atoms with Crippen LogP contribution >= 0.6 is 0 Å². The average Bonchev–Trinajstić information content (AvgIpc) is 2.68. The summed E-state index contributed by atoms with van der Waals surface area (Å²) in [5.74, 6) is -0.972. The molecular formula is C6H7NO4. The second-order valence-corrected chi connectivity index (χ2v) is 2.10. The zero-order valence-corrected chi connectivity index (χ0v) is 5.65. The summed E-state index contributed by atoms with van der Waals surface area (Å²) >= 11 is 0. The number of carboxylic acids is 1. The van der Waals surface area contributed by atoms with Crippen LogP contribution in [0.25, 0.3) is 0 Å². The first kappa shape index (κ1) is 9.43. The van der Waals surface area contributed by atoms with Crippen molar-refractivity contribution in [2.45, 2.75) is 12.8 Å². The van der Waals surface area contributed by atoms with Crippen molar-refractivity contribution in [3.05, 3.63) is 0 Å². The molecule has 0 heterocycles. The van der Waals surface area contributed by atoms with Crippen molar-refractivity contribution in [3.8, 4) is 6.07 Å². The van der Waals surface area contributed by atoms with Crippen molar-refractivity contribution in [2.24, 2.45) is 5.41 Å². The van der Waals surface area contributed by atoms with Gasteiger partial charge in [0.05, 0.1) is 6.07 Å². The van der Waals surface area contributed by atoms with E-state index in [4.69, 9.17) is 20.3 Å². The van der Waals surface area contributed by atoms with Crippen LogP contribution in [0.4, 0.5) is 0 Å². The third-order valence-electron chi connectivity index (χ3n) is 1.37. The first-order chi connectivity index (χ1) is 5.13. The Morgan fingerprint density at radius 1 is 1.64 bits per heavy atom. The molecule has 0 spiro atoms. The van der Waals surface area contributed by atoms with E-state index >= 15 is 0 Å². The highest BCUT2D eigenvalue weighted by Crippen LogP contribution is 2.44. The van der Waals surface area contributed by atoms with Crippen molar-refractivity contribution in [3.63, 3.8) is 0 Å². The minimum atomic E-state index is -0.986. The third-order valence-corrected chi connectivity index (χ3v) is 1.37. The fraction of sp³-hybridized carbons (Fsp3) is 0.500. The minimum Gasteiger partial charge on any atom is -0.483 e. The fourth-order valence-corrected chi connectivity index (χ4v) is 0.498. The largest absolute Gasteiger partial charge is 0.483 e. The molecule has 0 aromatic heterocycles. The molecule has 2 N–H and O–H groups in total. The molecule has 5 heteroatoms. The van der Waals surface area contributed by atoms with Crippen molar-refractivity contribution in [2.75, 3.05) is 0 Å². The van der Waals surface area contributed by atoms with Gasteiger partial charge in [-0.15, -0.1) is 0 Å². The minimum absolute atomic E-state index is 0.250. The van der Waals surface area contributed by atoms with Crippen LogP contribution in [0, 0.1) is 16.7 Å². The standard InChI is InChI=1S/C5H5NO2.CH2O2/c6-3-5(1-2-5)4(7)8;2-1-3/h1-2H2,(H,7,8);1H,(H,2,3). The highest BCUT2D eigenvalue weighted by atomic mass is 16.4. The van der Waals surface area contributed by atoms with Crippen LogP contribution in [-0.2, 0) is 9.59 Å². The summed E-state index contributed by atoms with van der Waals surface area (Å²) in [5, 5.41) is 23.4. The van der Waals surface area contributed by atoms with Crippen LogP contribution in [0.1, 0.15) is 12.8 Å². The summed E-state index contributed by atoms with van der Waals surface area (Å²) in [6, 6.07) is 1.75. The van der Waals surface area contributed by atoms with Crippen LogP contribution in [0.5, 0.6) is 0 Å². The van der Waals surface area contributed by atoms with E-state index in [1.165, 1.54) is 0 Å². The second kappa shape index (κ2) is 3.56. The Bertz CT molecular complexity index is 201. The molecule has 1 aliphatic rings. The summed E-state index contributed by atoms with van der Waals surface area (Å²) in [4.78, 5) is 18.5. The van der Waals surface area contributed by atoms with E-state index in [1.54, 1.807) is 6.07 Å². The molecule has 1 rings (SSSR count). The number of nitriles is 1. The summed E-state index contributed by atoms with van der Waals surface area (Å²) < 4.78 is 0. The molecule has 0 unspecified atom stereocenters. The van der Waals surface area contributed by atoms with Gasteiger partial charge in [0, 0.05) is 0 Å². The molecule has 1 saturated carbocycles. The summed E-state index contributed by atoms with van der Waals surface area (Å²) in [5.41, 5.74) is -0.986. The van der Waals surface area contributed by atoms with Crippen LogP contribution in [0.15, 0.2) is 0 Å². The smallest absolute Gasteiger partial charge is 0.324 e. The lowest BCUT2D eigenvalue weighted by molar-refractivity contribution is -0.141. The van der Waals surface area contributed by atoms with Crippen molar-refractivity contribution < 1.29 is 19.8 Å². The van der Waals surface area contributed by atoms with Gasteiger partial charge < -0.3 is 10.2 Å². The maximum atomic E-state index is 10.1. The Balaban J connectivity index is 0.000000292. The maximum Gasteiger partial charge on any atom is 0.324 e. The Morgan fingerprint density at radius 2 is 2.00 bits per heavy atom. The number of carboxylic acid groups (broad SMARTS) is 2. The van der Waals surface area contributed by atoms with E-state index in [0.717, 1.165) is 0 Å². The maximum absolute atomic E-state index is 10.1. The van der Waals surface area contributed by atoms with Gasteiger partial charge in [-0.1, -0.05) is 0 Å². The van der Waals surface area contributed by atoms with Crippen LogP contribution in [0.3, 0.4) is 0 Å². The number of hydrogen-bond acceptors (Lipinski definition) is 3. The van der Waals surface area contributed by atoms with Crippen LogP contribution in [0.2, 0.25) is 0 Å². The number of hydrogen-bond donors (Lipinski definition) is 2. The molecule has 0 radical (unpaired) electrons. The van der Waals surface area contributed by atoms with Gasteiger partial charge in [-0.25, -0.2) is 0 Å². The summed E-state index contributed by atoms with van der Waals surface area (Å²) in [6.07, 6.45) is 1.05. The van der Waals surface area contributed by atoms with Gasteiger partial charge in [0.15, 0.2) is 5.41 Å². The van der Waals surface area contributed by atoms with Gasteiger partial charge in [0.25, 0.3) is 6.47 Å². The Kier molecular flexibility index (Phi) is 3.05. The fourth-order valence-electron chi connectivity index (χ4n) is 0.498. The van der Waals surface area contributed by atoms with Crippen LogP contribution < -0.4 is 0 Å². The molecule has 0 saturated heterocycles. The van der Waals surface area contributed by atoms with E-state index in [0.29, 0.717) is 12.8 Å². The van der Waals surface area contributed by atoms with Gasteiger partial charge >= 0.3 is 5.97 Å². The number of nitrogens with zero attached hydrogens (tertiary/aromatic N) is 1. The molecule has 5 nitrogen and oxygen atoms in total. The first-order valence-electron chi connectivity index (χ1n) is 2.85. The molecule has 0 aromatic carbocycles. The molecule has 60 valence electrons. The van der Waals surface area contributed by atoms with E-state index in [-0.39, 0.29) is 6.47 Å². The molecule has 0 bridgehead atoms. The van der Waals surface area contributed by atoms with Gasteiger partial charge in [0.1, 0.15) is 0 Å². The molecule has 1 fully saturated rings. The van der Waals surface area contributed by atoms with Crippen LogP contribution in [-0.4, -0.2) is 22.7 Å². The molecule has 0 amide bonds. The quantitative estimate of drug-likeness (QED) is 0.525. The Labute approximate surface area is 62.9 Å². The number of rotatable bonds is 1.